The lowest BCUT2D eigenvalue weighted by Crippen LogP contribution is -2.65. The molecule has 0 saturated carbocycles. The van der Waals surface area contributed by atoms with E-state index in [4.69, 9.17) is 18.5 Å². The van der Waals surface area contributed by atoms with Crippen LogP contribution in [0.5, 0.6) is 0 Å². The largest absolute Gasteiger partial charge is 0.784 e. The summed E-state index contributed by atoms with van der Waals surface area (Å²) in [7, 11) is -0.703. The van der Waals surface area contributed by atoms with Gasteiger partial charge in [0.25, 0.3) is 0 Å². The highest BCUT2D eigenvalue weighted by molar-refractivity contribution is 7.52. The van der Waals surface area contributed by atoms with Gasteiger partial charge in [-0.15, -0.1) is 0 Å². The zero-order valence-electron chi connectivity index (χ0n) is 41.4. The molecule has 0 unspecified atom stereocenters. The van der Waals surface area contributed by atoms with Gasteiger partial charge in [-0.1, -0.05) is 154 Å². The van der Waals surface area contributed by atoms with Crippen molar-refractivity contribution in [1.82, 2.24) is 5.06 Å². The van der Waals surface area contributed by atoms with E-state index in [1.165, 1.54) is 114 Å². The Hall–Kier alpha value is -1.17. The predicted octanol–water partition coefficient (Wildman–Crippen LogP) is 13.0. The molecule has 1 radical (unpaired) electrons. The first-order valence-electron chi connectivity index (χ1n) is 25.4. The molecule has 62 heavy (non-hydrogen) atoms. The number of esters is 2. The van der Waals surface area contributed by atoms with Crippen LogP contribution < -0.4 is 4.89 Å². The zero-order valence-corrected chi connectivity index (χ0v) is 42.3. The van der Waals surface area contributed by atoms with Gasteiger partial charge in [-0.25, -0.2) is 0 Å². The van der Waals surface area contributed by atoms with E-state index in [1.54, 1.807) is 0 Å². The van der Waals surface area contributed by atoms with Gasteiger partial charge in [0.2, 0.25) is 6.61 Å². The van der Waals surface area contributed by atoms with E-state index in [0.29, 0.717) is 36.7 Å². The fourth-order valence-corrected chi connectivity index (χ4v) is 9.47. The number of quaternary nitrogens is 1. The number of hydrogen-bond donors (Lipinski definition) is 0. The summed E-state index contributed by atoms with van der Waals surface area (Å²) in [5.41, 5.74) is -1.09. The summed E-state index contributed by atoms with van der Waals surface area (Å²) < 4.78 is 22.3. The van der Waals surface area contributed by atoms with Crippen LogP contribution in [0.1, 0.15) is 234 Å². The summed E-state index contributed by atoms with van der Waals surface area (Å²) in [6.07, 6.45) is 36.5. The molecule has 0 aliphatic carbocycles. The van der Waals surface area contributed by atoms with Gasteiger partial charge in [-0.3, -0.25) is 4.79 Å². The highest BCUT2D eigenvalue weighted by atomic mass is 31.2. The molecule has 0 amide bonds. The van der Waals surface area contributed by atoms with Gasteiger partial charge < -0.3 is 33.9 Å². The molecular weight excluding hydrogens is 804 g/mol. The van der Waals surface area contributed by atoms with Crippen molar-refractivity contribution in [2.45, 2.75) is 257 Å². The van der Waals surface area contributed by atoms with E-state index in [1.807, 2.05) is 41.8 Å². The molecule has 1 fully saturated rings. The maximum absolute atomic E-state index is 12.9. The first kappa shape index (κ1) is 58.8. The molecule has 11 nitrogen and oxygen atoms in total. The van der Waals surface area contributed by atoms with E-state index in [-0.39, 0.29) is 31.6 Å². The average Bonchev–Trinajstić information content (AvgIpc) is 3.20. The summed E-state index contributed by atoms with van der Waals surface area (Å²) >= 11 is 0. The summed E-state index contributed by atoms with van der Waals surface area (Å²) in [6, 6.07) is 0.132. The van der Waals surface area contributed by atoms with Crippen LogP contribution in [-0.4, -0.2) is 90.0 Å². The van der Waals surface area contributed by atoms with Crippen LogP contribution in [0.2, 0.25) is 0 Å². The van der Waals surface area contributed by atoms with Crippen LogP contribution in [-0.2, 0) is 28.2 Å². The highest BCUT2D eigenvalue weighted by Gasteiger charge is 2.46. The van der Waals surface area contributed by atoms with Crippen LogP contribution in [0.25, 0.3) is 0 Å². The average molecular weight is 901 g/mol. The summed E-state index contributed by atoms with van der Waals surface area (Å²) in [5.74, 6) is -0.603. The number of ether oxygens (including phenoxy) is 2. The maximum Gasteiger partial charge on any atom is 0.482 e. The van der Waals surface area contributed by atoms with Gasteiger partial charge in [-0.2, -0.15) is 9.05 Å². The SMILES string of the molecule is CCCCCCCC/C=C\CCCCCCCC(=O)O[C@H](COC(=[OH+])CCCCCCCCCCCCCCC)CO[P+]([O])([O-])OCC[N+](C)(C)C1CC(C)(C)N([O-])C(C)(C)C1. The molecule has 1 rings (SSSR count). The summed E-state index contributed by atoms with van der Waals surface area (Å²) in [5, 5.41) is 14.1. The van der Waals surface area contributed by atoms with Crippen LogP contribution >= 0.6 is 8.17 Å². The number of likely N-dealkylation sites (N-methyl/N-ethyl adjacent to an activating group) is 1. The van der Waals surface area contributed by atoms with Crippen molar-refractivity contribution in [2.24, 2.45) is 0 Å². The van der Waals surface area contributed by atoms with Crippen LogP contribution in [0, 0.1) is 5.21 Å². The second-order valence-corrected chi connectivity index (χ2v) is 21.6. The van der Waals surface area contributed by atoms with E-state index in [2.05, 4.69) is 26.0 Å². The van der Waals surface area contributed by atoms with Gasteiger partial charge in [0.15, 0.2) is 6.10 Å². The first-order chi connectivity index (χ1) is 29.5. The molecule has 1 heterocycles. The lowest BCUT2D eigenvalue weighted by Gasteiger charge is -2.61. The standard InChI is InChI=1S/C50H96N2O9P/c1-9-11-13-15-17-19-21-23-24-26-28-30-32-34-36-38-48(54)61-46(43-58-47(53)37-35-33-31-29-27-25-22-20-18-16-14-12-10-2)44-60-62(56,57)59-40-39-52(7,8)45-41-49(3,4)51(55)50(5,6)42-45/h23-24,45-46H,9-22,25-44H2,1-8H3/p+1/b24-23-/t46-/m1/s1. The van der Waals surface area contributed by atoms with Crippen molar-refractivity contribution < 1.29 is 42.4 Å². The highest BCUT2D eigenvalue weighted by Crippen LogP contribution is 2.49. The number of piperidine rings is 1. The van der Waals surface area contributed by atoms with Gasteiger partial charge >= 0.3 is 20.1 Å². The molecule has 1 aliphatic heterocycles. The third-order valence-electron chi connectivity index (χ3n) is 12.8. The minimum Gasteiger partial charge on any atom is -0.784 e. The van der Waals surface area contributed by atoms with Gasteiger partial charge in [-0.05, 0) is 66.2 Å². The first-order valence-corrected chi connectivity index (χ1v) is 26.8. The minimum absolute atomic E-state index is 0.101. The molecule has 1 aliphatic rings. The molecular formula is C50H97N2O9P+. The van der Waals surface area contributed by atoms with Crippen molar-refractivity contribution in [1.29, 1.82) is 0 Å². The molecule has 1 saturated heterocycles. The lowest BCUT2D eigenvalue weighted by molar-refractivity contribution is -0.918. The Balaban J connectivity index is 2.53. The summed E-state index contributed by atoms with van der Waals surface area (Å²) in [6.45, 7) is 11.9. The Morgan fingerprint density at radius 3 is 1.58 bits per heavy atom. The molecule has 0 aromatic heterocycles. The number of allylic oxidation sites excluding steroid dienone is 2. The molecule has 1 N–H and O–H groups in total. The normalized spacial score (nSPS) is 17.3. The van der Waals surface area contributed by atoms with Gasteiger partial charge in [0.05, 0.1) is 20.1 Å². The second kappa shape index (κ2) is 34.2. The molecule has 12 heteroatoms. The molecule has 0 bridgehead atoms. The van der Waals surface area contributed by atoms with Crippen LogP contribution in [0.15, 0.2) is 12.2 Å². The zero-order chi connectivity index (χ0) is 46.2. The number of carbonyl (C=O) groups is 1. The molecule has 1 atom stereocenters. The van der Waals surface area contributed by atoms with Crippen molar-refractivity contribution in [3.05, 3.63) is 17.4 Å². The van der Waals surface area contributed by atoms with Crippen molar-refractivity contribution in [3.63, 3.8) is 0 Å². The number of hydroxylamine groups is 2. The number of rotatable bonds is 40. The van der Waals surface area contributed by atoms with Crippen LogP contribution in [0.3, 0.4) is 0 Å². The lowest BCUT2D eigenvalue weighted by atomic mass is 9.77. The number of nitrogens with zero attached hydrogens (tertiary/aromatic N) is 2. The Morgan fingerprint density at radius 1 is 0.694 bits per heavy atom. The predicted molar refractivity (Wildman–Crippen MR) is 255 cm³/mol. The molecule has 0 aromatic rings. The Kier molecular flexibility index (Phi) is 32.4. The number of unbranched alkanes of at least 4 members (excludes halogenated alkanes) is 23. The fraction of sp³-hybridized carbons (Fsp3) is 0.920. The monoisotopic (exact) mass is 901 g/mol. The minimum atomic E-state index is -4.76. The summed E-state index contributed by atoms with van der Waals surface area (Å²) in [4.78, 5) is 49.3. The smallest absolute Gasteiger partial charge is 0.482 e. The third-order valence-corrected chi connectivity index (χ3v) is 13.7. The van der Waals surface area contributed by atoms with Crippen molar-refractivity contribution >= 4 is 20.1 Å². The van der Waals surface area contributed by atoms with E-state index in [0.717, 1.165) is 51.4 Å². The third kappa shape index (κ3) is 29.4. The Morgan fingerprint density at radius 2 is 1.11 bits per heavy atom. The molecule has 0 spiro atoms. The quantitative estimate of drug-likeness (QED) is 0.0148. The maximum atomic E-state index is 12.9. The molecule has 365 valence electrons. The Labute approximate surface area is 381 Å². The fourth-order valence-electron chi connectivity index (χ4n) is 8.74. The number of carbonyl (C=O) groups excluding carboxylic acids is 2. The van der Waals surface area contributed by atoms with Gasteiger partial charge in [0, 0.05) is 35.2 Å². The van der Waals surface area contributed by atoms with E-state index >= 15 is 0 Å². The topological polar surface area (TPSA) is 145 Å². The second-order valence-electron chi connectivity index (χ2n) is 20.2. The van der Waals surface area contributed by atoms with Gasteiger partial charge in [0.1, 0.15) is 26.2 Å². The van der Waals surface area contributed by atoms with Crippen LogP contribution in [0.4, 0.5) is 0 Å². The van der Waals surface area contributed by atoms with Crippen molar-refractivity contribution in [2.75, 3.05) is 40.5 Å². The Bertz CT molecular complexity index is 1150. The molecule has 0 aromatic carbocycles. The van der Waals surface area contributed by atoms with Crippen molar-refractivity contribution in [3.8, 4) is 0 Å². The number of hydrogen-bond acceptors (Lipinski definition) is 8. The van der Waals surface area contributed by atoms with E-state index < -0.39 is 37.9 Å². The van der Waals surface area contributed by atoms with E-state index in [9.17, 15) is 24.6 Å².